The number of aliphatic hydroxyl groups is 1. The minimum atomic E-state index is -1.12. The Morgan fingerprint density at radius 2 is 1.55 bits per heavy atom. The van der Waals surface area contributed by atoms with E-state index in [0.29, 0.717) is 5.56 Å². The molecule has 0 aromatic heterocycles. The van der Waals surface area contributed by atoms with Crippen LogP contribution in [0.5, 0.6) is 0 Å². The lowest BCUT2D eigenvalue weighted by molar-refractivity contribution is 0.216. The van der Waals surface area contributed by atoms with E-state index in [4.69, 9.17) is 0 Å². The summed E-state index contributed by atoms with van der Waals surface area (Å²) >= 11 is 0. The van der Waals surface area contributed by atoms with Gasteiger partial charge < -0.3 is 5.11 Å². The van der Waals surface area contributed by atoms with Crippen LogP contribution in [0, 0.1) is 11.6 Å². The Kier molecular flexibility index (Phi) is 3.20. The van der Waals surface area contributed by atoms with Crippen molar-refractivity contribution in [1.82, 2.24) is 0 Å². The number of aliphatic hydroxyl groups excluding tert-OH is 1. The Labute approximate surface area is 115 Å². The SMILES string of the molecule is OC(c1ccc(F)cc1F)c1cccc2ccccc12. The minimum absolute atomic E-state index is 0.0720. The van der Waals surface area contributed by atoms with Crippen LogP contribution in [0.15, 0.2) is 60.7 Å². The fraction of sp³-hybridized carbons (Fsp3) is 0.0588. The van der Waals surface area contributed by atoms with Crippen molar-refractivity contribution < 1.29 is 13.9 Å². The highest BCUT2D eigenvalue weighted by molar-refractivity contribution is 5.86. The van der Waals surface area contributed by atoms with Gasteiger partial charge in [-0.2, -0.15) is 0 Å². The Balaban J connectivity index is 2.15. The lowest BCUT2D eigenvalue weighted by Crippen LogP contribution is -2.03. The third-order valence-electron chi connectivity index (χ3n) is 3.38. The summed E-state index contributed by atoms with van der Waals surface area (Å²) in [6.07, 6.45) is -1.12. The van der Waals surface area contributed by atoms with Crippen molar-refractivity contribution in [2.75, 3.05) is 0 Å². The number of rotatable bonds is 2. The molecule has 0 radical (unpaired) electrons. The number of benzene rings is 3. The first kappa shape index (κ1) is 12.8. The molecule has 0 bridgehead atoms. The van der Waals surface area contributed by atoms with Gasteiger partial charge in [0.15, 0.2) is 0 Å². The Bertz CT molecular complexity index is 763. The standard InChI is InChI=1S/C17H12F2O/c18-12-8-9-15(16(19)10-12)17(20)14-7-3-5-11-4-1-2-6-13(11)14/h1-10,17,20H. The molecule has 1 atom stereocenters. The molecule has 3 rings (SSSR count). The van der Waals surface area contributed by atoms with E-state index in [1.54, 1.807) is 6.07 Å². The number of hydrogen-bond acceptors (Lipinski definition) is 1. The molecule has 3 aromatic rings. The van der Waals surface area contributed by atoms with Gasteiger partial charge in [-0.25, -0.2) is 8.78 Å². The smallest absolute Gasteiger partial charge is 0.132 e. The maximum Gasteiger partial charge on any atom is 0.132 e. The van der Waals surface area contributed by atoms with Crippen molar-refractivity contribution >= 4 is 10.8 Å². The fourth-order valence-corrected chi connectivity index (χ4v) is 2.38. The second kappa shape index (κ2) is 5.02. The second-order valence-corrected chi connectivity index (χ2v) is 4.64. The maximum absolute atomic E-state index is 13.8. The van der Waals surface area contributed by atoms with Crippen LogP contribution in [0.25, 0.3) is 10.8 Å². The number of fused-ring (bicyclic) bond motifs is 1. The highest BCUT2D eigenvalue weighted by Gasteiger charge is 2.17. The van der Waals surface area contributed by atoms with Crippen molar-refractivity contribution in [1.29, 1.82) is 0 Å². The first-order chi connectivity index (χ1) is 9.66. The summed E-state index contributed by atoms with van der Waals surface area (Å²) < 4.78 is 26.7. The predicted octanol–water partition coefficient (Wildman–Crippen LogP) is 4.20. The van der Waals surface area contributed by atoms with Gasteiger partial charge in [-0.1, -0.05) is 48.5 Å². The zero-order chi connectivity index (χ0) is 14.1. The van der Waals surface area contributed by atoms with Gasteiger partial charge in [-0.3, -0.25) is 0 Å². The molecule has 3 heteroatoms. The molecule has 0 aliphatic carbocycles. The van der Waals surface area contributed by atoms with Gasteiger partial charge in [-0.05, 0) is 22.4 Å². The van der Waals surface area contributed by atoms with E-state index in [2.05, 4.69) is 0 Å². The van der Waals surface area contributed by atoms with Crippen LogP contribution in [0.1, 0.15) is 17.2 Å². The van der Waals surface area contributed by atoms with Gasteiger partial charge >= 0.3 is 0 Å². The van der Waals surface area contributed by atoms with Crippen molar-refractivity contribution in [2.24, 2.45) is 0 Å². The predicted molar refractivity (Wildman–Crippen MR) is 74.4 cm³/mol. The van der Waals surface area contributed by atoms with Crippen molar-refractivity contribution in [3.63, 3.8) is 0 Å². The summed E-state index contributed by atoms with van der Waals surface area (Å²) in [6, 6.07) is 16.2. The molecule has 1 N–H and O–H groups in total. The van der Waals surface area contributed by atoms with Crippen LogP contribution in [-0.2, 0) is 0 Å². The second-order valence-electron chi connectivity index (χ2n) is 4.64. The molecule has 0 spiro atoms. The number of halogens is 2. The average Bonchev–Trinajstić information content (AvgIpc) is 2.46. The lowest BCUT2D eigenvalue weighted by atomic mass is 9.95. The van der Waals surface area contributed by atoms with E-state index in [1.807, 2.05) is 36.4 Å². The first-order valence-electron chi connectivity index (χ1n) is 6.27. The van der Waals surface area contributed by atoms with Crippen LogP contribution in [0.4, 0.5) is 8.78 Å². The molecule has 1 nitrogen and oxygen atoms in total. The molecule has 1 unspecified atom stereocenters. The van der Waals surface area contributed by atoms with Crippen LogP contribution in [0.2, 0.25) is 0 Å². The maximum atomic E-state index is 13.8. The Morgan fingerprint density at radius 3 is 2.35 bits per heavy atom. The van der Waals surface area contributed by atoms with E-state index in [9.17, 15) is 13.9 Å². The largest absolute Gasteiger partial charge is 0.384 e. The van der Waals surface area contributed by atoms with E-state index in [0.717, 1.165) is 22.9 Å². The highest BCUT2D eigenvalue weighted by atomic mass is 19.1. The normalized spacial score (nSPS) is 12.6. The van der Waals surface area contributed by atoms with Crippen LogP contribution in [0.3, 0.4) is 0 Å². The zero-order valence-electron chi connectivity index (χ0n) is 10.6. The summed E-state index contributed by atoms with van der Waals surface area (Å²) in [4.78, 5) is 0. The highest BCUT2D eigenvalue weighted by Crippen LogP contribution is 2.30. The van der Waals surface area contributed by atoms with Gasteiger partial charge in [0.1, 0.15) is 17.7 Å². The monoisotopic (exact) mass is 270 g/mol. The van der Waals surface area contributed by atoms with E-state index in [1.165, 1.54) is 6.07 Å². The van der Waals surface area contributed by atoms with E-state index >= 15 is 0 Å². The zero-order valence-corrected chi connectivity index (χ0v) is 10.6. The van der Waals surface area contributed by atoms with Crippen LogP contribution < -0.4 is 0 Å². The van der Waals surface area contributed by atoms with Crippen molar-refractivity contribution in [2.45, 2.75) is 6.10 Å². The van der Waals surface area contributed by atoms with E-state index < -0.39 is 17.7 Å². The number of hydrogen-bond donors (Lipinski definition) is 1. The van der Waals surface area contributed by atoms with Crippen LogP contribution in [-0.4, -0.2) is 5.11 Å². The minimum Gasteiger partial charge on any atom is -0.384 e. The quantitative estimate of drug-likeness (QED) is 0.740. The molecule has 20 heavy (non-hydrogen) atoms. The van der Waals surface area contributed by atoms with Gasteiger partial charge in [0, 0.05) is 11.6 Å². The molecular formula is C17H12F2O. The first-order valence-corrected chi connectivity index (χ1v) is 6.27. The fourth-order valence-electron chi connectivity index (χ4n) is 2.38. The molecule has 0 saturated heterocycles. The van der Waals surface area contributed by atoms with Crippen molar-refractivity contribution in [3.05, 3.63) is 83.4 Å². The van der Waals surface area contributed by atoms with Crippen LogP contribution >= 0.6 is 0 Å². The summed E-state index contributed by atoms with van der Waals surface area (Å²) in [5.41, 5.74) is 0.677. The lowest BCUT2D eigenvalue weighted by Gasteiger charge is -2.15. The molecule has 0 amide bonds. The van der Waals surface area contributed by atoms with E-state index in [-0.39, 0.29) is 5.56 Å². The van der Waals surface area contributed by atoms with Gasteiger partial charge in [0.2, 0.25) is 0 Å². The molecule has 3 aromatic carbocycles. The average molecular weight is 270 g/mol. The Morgan fingerprint density at radius 1 is 0.800 bits per heavy atom. The van der Waals surface area contributed by atoms with Crippen molar-refractivity contribution in [3.8, 4) is 0 Å². The summed E-state index contributed by atoms with van der Waals surface area (Å²) in [6.45, 7) is 0. The molecule has 0 fully saturated rings. The van der Waals surface area contributed by atoms with Gasteiger partial charge in [0.25, 0.3) is 0 Å². The molecular weight excluding hydrogens is 258 g/mol. The third kappa shape index (κ3) is 2.17. The summed E-state index contributed by atoms with van der Waals surface area (Å²) in [5.74, 6) is -1.40. The molecule has 0 aliphatic heterocycles. The molecule has 0 heterocycles. The van der Waals surface area contributed by atoms with Gasteiger partial charge in [-0.15, -0.1) is 0 Å². The molecule has 0 saturated carbocycles. The third-order valence-corrected chi connectivity index (χ3v) is 3.38. The molecule has 0 aliphatic rings. The van der Waals surface area contributed by atoms with Gasteiger partial charge in [0.05, 0.1) is 0 Å². The Hall–Kier alpha value is -2.26. The summed E-state index contributed by atoms with van der Waals surface area (Å²) in [5, 5.41) is 12.2. The molecule has 100 valence electrons. The summed E-state index contributed by atoms with van der Waals surface area (Å²) in [7, 11) is 0. The topological polar surface area (TPSA) is 20.2 Å².